The maximum absolute atomic E-state index is 13.4. The molecule has 3 rings (SSSR count). The van der Waals surface area contributed by atoms with Crippen molar-refractivity contribution in [1.29, 1.82) is 0 Å². The number of methoxy groups -OCH3 is 2. The Morgan fingerprint density at radius 1 is 1.13 bits per heavy atom. The zero-order chi connectivity index (χ0) is 22.4. The Balaban J connectivity index is 1.81. The molecule has 31 heavy (non-hydrogen) atoms. The largest absolute Gasteiger partial charge is 0.493 e. The summed E-state index contributed by atoms with van der Waals surface area (Å²) in [6.07, 6.45) is 2.18. The van der Waals surface area contributed by atoms with Crippen LogP contribution in [0, 0.1) is 17.7 Å². The number of hydrogen-bond donors (Lipinski definition) is 0. The third-order valence-corrected chi connectivity index (χ3v) is 5.79. The van der Waals surface area contributed by atoms with E-state index >= 15 is 0 Å². The van der Waals surface area contributed by atoms with E-state index in [1.54, 1.807) is 46.3 Å². The molecule has 3 atom stereocenters. The monoisotopic (exact) mass is 428 g/mol. The number of carbonyl (C=O) groups is 1. The molecule has 1 aliphatic rings. The number of esters is 1. The number of ether oxygens (including phenoxy) is 4. The van der Waals surface area contributed by atoms with Crippen molar-refractivity contribution in [2.24, 2.45) is 11.8 Å². The van der Waals surface area contributed by atoms with Gasteiger partial charge >= 0.3 is 5.97 Å². The third kappa shape index (κ3) is 5.44. The summed E-state index contributed by atoms with van der Waals surface area (Å²) in [4.78, 5) is 12.2. The number of halogens is 1. The fourth-order valence-electron chi connectivity index (χ4n) is 3.87. The normalized spacial score (nSPS) is 21.1. The first-order valence-electron chi connectivity index (χ1n) is 10.3. The Morgan fingerprint density at radius 2 is 1.84 bits per heavy atom. The summed E-state index contributed by atoms with van der Waals surface area (Å²) in [6, 6.07) is 12.1. The highest BCUT2D eigenvalue weighted by molar-refractivity contribution is 5.87. The predicted octanol–water partition coefficient (Wildman–Crippen LogP) is 4.90. The molecule has 5 nitrogen and oxygen atoms in total. The smallest absolute Gasteiger partial charge is 0.333 e. The van der Waals surface area contributed by atoms with Crippen molar-refractivity contribution >= 4 is 5.97 Å². The molecule has 0 spiro atoms. The number of carbonyl (C=O) groups excluding carboxylic acids is 1. The van der Waals surface area contributed by atoms with E-state index in [0.29, 0.717) is 23.7 Å². The Morgan fingerprint density at radius 3 is 2.48 bits per heavy atom. The second kappa shape index (κ2) is 10.4. The molecule has 1 fully saturated rings. The van der Waals surface area contributed by atoms with Gasteiger partial charge in [0, 0.05) is 11.5 Å². The maximum Gasteiger partial charge on any atom is 0.333 e. The second-order valence-electron chi connectivity index (χ2n) is 7.69. The number of rotatable bonds is 8. The van der Waals surface area contributed by atoms with Crippen LogP contribution in [-0.2, 0) is 20.7 Å². The zero-order valence-corrected chi connectivity index (χ0v) is 18.4. The van der Waals surface area contributed by atoms with Crippen LogP contribution in [0.5, 0.6) is 11.5 Å². The predicted molar refractivity (Wildman–Crippen MR) is 116 cm³/mol. The molecule has 1 aliphatic heterocycles. The first-order chi connectivity index (χ1) is 15.0. The van der Waals surface area contributed by atoms with E-state index < -0.39 is 0 Å². The van der Waals surface area contributed by atoms with E-state index in [4.69, 9.17) is 18.9 Å². The number of allylic oxidation sites excluding steroid dienone is 1. The minimum Gasteiger partial charge on any atom is -0.493 e. The van der Waals surface area contributed by atoms with E-state index in [1.165, 1.54) is 12.1 Å². The van der Waals surface area contributed by atoms with Crippen LogP contribution in [0.15, 0.2) is 54.1 Å². The van der Waals surface area contributed by atoms with Crippen molar-refractivity contribution in [2.45, 2.75) is 26.4 Å². The fraction of sp³-hybridized carbons (Fsp3) is 0.400. The van der Waals surface area contributed by atoms with Crippen LogP contribution in [0.1, 0.15) is 31.1 Å². The molecule has 0 saturated carbocycles. The number of benzene rings is 2. The average Bonchev–Trinajstić information content (AvgIpc) is 3.19. The van der Waals surface area contributed by atoms with E-state index in [0.717, 1.165) is 17.5 Å². The molecule has 166 valence electrons. The molecule has 1 heterocycles. The van der Waals surface area contributed by atoms with Crippen molar-refractivity contribution < 1.29 is 28.1 Å². The summed E-state index contributed by atoms with van der Waals surface area (Å²) in [5.74, 6) is 0.762. The maximum atomic E-state index is 13.4. The summed E-state index contributed by atoms with van der Waals surface area (Å²) in [6.45, 7) is 4.27. The van der Waals surface area contributed by atoms with Gasteiger partial charge in [0.05, 0.1) is 33.5 Å². The van der Waals surface area contributed by atoms with Crippen LogP contribution in [0.25, 0.3) is 0 Å². The van der Waals surface area contributed by atoms with Gasteiger partial charge in [-0.2, -0.15) is 0 Å². The molecule has 2 aromatic carbocycles. The topological polar surface area (TPSA) is 54.0 Å². The molecule has 0 bridgehead atoms. The molecule has 0 aromatic heterocycles. The van der Waals surface area contributed by atoms with Crippen molar-refractivity contribution in [3.05, 3.63) is 71.1 Å². The van der Waals surface area contributed by atoms with Gasteiger partial charge < -0.3 is 18.9 Å². The molecule has 0 amide bonds. The van der Waals surface area contributed by atoms with Gasteiger partial charge in [-0.05, 0) is 61.6 Å². The molecule has 0 aliphatic carbocycles. The van der Waals surface area contributed by atoms with Gasteiger partial charge in [0.25, 0.3) is 0 Å². The minimum absolute atomic E-state index is 0.0628. The van der Waals surface area contributed by atoms with E-state index in [-0.39, 0.29) is 36.3 Å². The summed E-state index contributed by atoms with van der Waals surface area (Å²) in [7, 11) is 3.21. The van der Waals surface area contributed by atoms with Gasteiger partial charge in [-0.25, -0.2) is 9.18 Å². The first-order valence-corrected chi connectivity index (χ1v) is 10.3. The van der Waals surface area contributed by atoms with Crippen LogP contribution in [0.3, 0.4) is 0 Å². The lowest BCUT2D eigenvalue weighted by molar-refractivity contribution is -0.141. The molecule has 0 radical (unpaired) electrons. The molecular weight excluding hydrogens is 399 g/mol. The average molecular weight is 429 g/mol. The summed E-state index contributed by atoms with van der Waals surface area (Å²) >= 11 is 0. The third-order valence-electron chi connectivity index (χ3n) is 5.79. The summed E-state index contributed by atoms with van der Waals surface area (Å²) in [5, 5.41) is 0. The van der Waals surface area contributed by atoms with E-state index in [9.17, 15) is 9.18 Å². The lowest BCUT2D eigenvalue weighted by Crippen LogP contribution is -2.24. The summed E-state index contributed by atoms with van der Waals surface area (Å²) in [5.41, 5.74) is 2.51. The van der Waals surface area contributed by atoms with Crippen molar-refractivity contribution in [1.82, 2.24) is 0 Å². The van der Waals surface area contributed by atoms with Gasteiger partial charge in [-0.15, -0.1) is 0 Å². The highest BCUT2D eigenvalue weighted by Crippen LogP contribution is 2.41. The molecule has 0 N–H and O–H groups in total. The van der Waals surface area contributed by atoms with Gasteiger partial charge in [0.15, 0.2) is 11.5 Å². The fourth-order valence-corrected chi connectivity index (χ4v) is 3.87. The van der Waals surface area contributed by atoms with Gasteiger partial charge in [0.1, 0.15) is 5.82 Å². The van der Waals surface area contributed by atoms with E-state index in [2.05, 4.69) is 0 Å². The van der Waals surface area contributed by atoms with Crippen LogP contribution < -0.4 is 9.47 Å². The van der Waals surface area contributed by atoms with Crippen molar-refractivity contribution in [3.8, 4) is 11.5 Å². The Hall–Kier alpha value is -2.86. The lowest BCUT2D eigenvalue weighted by atomic mass is 9.84. The number of hydrogen-bond acceptors (Lipinski definition) is 5. The molecule has 6 heteroatoms. The van der Waals surface area contributed by atoms with Crippen molar-refractivity contribution in [3.63, 3.8) is 0 Å². The van der Waals surface area contributed by atoms with Gasteiger partial charge in [-0.3, -0.25) is 0 Å². The van der Waals surface area contributed by atoms with Crippen LogP contribution in [0.2, 0.25) is 0 Å². The Kier molecular flexibility index (Phi) is 7.69. The molecule has 0 unspecified atom stereocenters. The zero-order valence-electron chi connectivity index (χ0n) is 18.4. The SMILES string of the molecule is C/C=C(\C)C(=O)OC[C@H]1[C@@H](Cc2ccc(OC)c(OC)c2)CO[C@@H]1c1ccc(F)cc1. The highest BCUT2D eigenvalue weighted by atomic mass is 19.1. The summed E-state index contributed by atoms with van der Waals surface area (Å²) < 4.78 is 35.9. The quantitative estimate of drug-likeness (QED) is 0.442. The van der Waals surface area contributed by atoms with Crippen LogP contribution in [0.4, 0.5) is 4.39 Å². The van der Waals surface area contributed by atoms with Crippen molar-refractivity contribution in [2.75, 3.05) is 27.4 Å². The molecule has 2 aromatic rings. The molecular formula is C25H29FO5. The van der Waals surface area contributed by atoms with E-state index in [1.807, 2.05) is 18.2 Å². The minimum atomic E-state index is -0.336. The lowest BCUT2D eigenvalue weighted by Gasteiger charge is -2.23. The van der Waals surface area contributed by atoms with Gasteiger partial charge in [-0.1, -0.05) is 24.3 Å². The molecule has 1 saturated heterocycles. The van der Waals surface area contributed by atoms with Crippen LogP contribution in [-0.4, -0.2) is 33.4 Å². The second-order valence-corrected chi connectivity index (χ2v) is 7.69. The van der Waals surface area contributed by atoms with Gasteiger partial charge in [0.2, 0.25) is 0 Å². The highest BCUT2D eigenvalue weighted by Gasteiger charge is 2.39. The standard InChI is InChI=1S/C25H29FO5/c1-5-16(2)25(27)31-15-21-19(12-17-6-11-22(28-3)23(13-17)29-4)14-30-24(21)18-7-9-20(26)10-8-18/h5-11,13,19,21,24H,12,14-15H2,1-4H3/b16-5+/t19-,21-,24+/m0/s1. The Labute approximate surface area is 182 Å². The Bertz CT molecular complexity index is 922. The first kappa shape index (κ1) is 22.8. The van der Waals surface area contributed by atoms with Crippen LogP contribution >= 0.6 is 0 Å².